The van der Waals surface area contributed by atoms with Gasteiger partial charge >= 0.3 is 0 Å². The van der Waals surface area contributed by atoms with E-state index in [2.05, 4.69) is 46.4 Å². The number of methoxy groups -OCH3 is 3. The fraction of sp³-hybridized carbons (Fsp3) is 0.341. The number of aromatic nitrogens is 3. The zero-order valence-corrected chi connectivity index (χ0v) is 32.4. The van der Waals surface area contributed by atoms with Gasteiger partial charge in [0, 0.05) is 33.7 Å². The summed E-state index contributed by atoms with van der Waals surface area (Å²) in [6.07, 6.45) is 7.61. The van der Waals surface area contributed by atoms with Crippen LogP contribution in [-0.4, -0.2) is 116 Å². The first-order chi connectivity index (χ1) is 27.7. The Morgan fingerprint density at radius 2 is 0.893 bits per heavy atom. The zero-order chi connectivity index (χ0) is 39.0. The molecule has 0 saturated carbocycles. The predicted molar refractivity (Wildman–Crippen MR) is 216 cm³/mol. The normalized spacial score (nSPS) is 11.3. The van der Waals surface area contributed by atoms with Crippen molar-refractivity contribution in [3.8, 4) is 51.2 Å². The van der Waals surface area contributed by atoms with Crippen molar-refractivity contribution in [2.24, 2.45) is 0 Å². The SMILES string of the molecule is COCCOCCOc1cc(/C=C/c2ccc(-c3cc(-c4ccccn4)nc(-c4ccccn4)c3)cc2)cc(OCCOCCOC)c1OCCOCCOC. The highest BCUT2D eigenvalue weighted by Crippen LogP contribution is 2.40. The summed E-state index contributed by atoms with van der Waals surface area (Å²) in [5, 5.41) is 0. The van der Waals surface area contributed by atoms with Crippen LogP contribution in [0, 0.1) is 0 Å². The average molecular weight is 766 g/mol. The van der Waals surface area contributed by atoms with Gasteiger partial charge in [0.15, 0.2) is 11.5 Å². The molecule has 12 nitrogen and oxygen atoms in total. The number of pyridine rings is 3. The van der Waals surface area contributed by atoms with E-state index in [1.807, 2.05) is 60.7 Å². The molecular formula is C44H51N3O9. The van der Waals surface area contributed by atoms with Gasteiger partial charge in [0.2, 0.25) is 5.75 Å². The Balaban J connectivity index is 1.38. The van der Waals surface area contributed by atoms with Crippen LogP contribution in [-0.2, 0) is 28.4 Å². The van der Waals surface area contributed by atoms with Crippen molar-refractivity contribution in [2.75, 3.05) is 101 Å². The molecule has 0 aliphatic carbocycles. The third-order valence-corrected chi connectivity index (χ3v) is 8.18. The molecule has 0 unspecified atom stereocenters. The average Bonchev–Trinajstić information content (AvgIpc) is 3.25. The lowest BCUT2D eigenvalue weighted by Crippen LogP contribution is -2.14. The Morgan fingerprint density at radius 1 is 0.429 bits per heavy atom. The van der Waals surface area contributed by atoms with Gasteiger partial charge in [0.05, 0.1) is 82.2 Å². The number of nitrogens with zero attached hydrogens (tertiary/aromatic N) is 3. The quantitative estimate of drug-likeness (QED) is 0.0419. The van der Waals surface area contributed by atoms with Crippen LogP contribution in [0.3, 0.4) is 0 Å². The second-order valence-corrected chi connectivity index (χ2v) is 12.2. The van der Waals surface area contributed by atoms with Crippen molar-refractivity contribution in [3.05, 3.63) is 108 Å². The van der Waals surface area contributed by atoms with E-state index >= 15 is 0 Å². The van der Waals surface area contributed by atoms with Gasteiger partial charge in [-0.05, 0) is 70.8 Å². The molecule has 5 aromatic rings. The fourth-order valence-corrected chi connectivity index (χ4v) is 5.37. The summed E-state index contributed by atoms with van der Waals surface area (Å²) in [6, 6.07) is 28.0. The highest BCUT2D eigenvalue weighted by atomic mass is 16.6. The first kappa shape index (κ1) is 41.9. The topological polar surface area (TPSA) is 122 Å². The predicted octanol–water partition coefficient (Wildman–Crippen LogP) is 7.17. The summed E-state index contributed by atoms with van der Waals surface area (Å²) in [5.41, 5.74) is 7.06. The summed E-state index contributed by atoms with van der Waals surface area (Å²) in [5.74, 6) is 1.52. The fourth-order valence-electron chi connectivity index (χ4n) is 5.37. The Morgan fingerprint density at radius 3 is 1.36 bits per heavy atom. The van der Waals surface area contributed by atoms with E-state index in [0.717, 1.165) is 45.0 Å². The third-order valence-electron chi connectivity index (χ3n) is 8.18. The Labute approximate surface area is 329 Å². The van der Waals surface area contributed by atoms with Crippen molar-refractivity contribution < 1.29 is 42.6 Å². The van der Waals surface area contributed by atoms with Gasteiger partial charge < -0.3 is 42.6 Å². The van der Waals surface area contributed by atoms with Gasteiger partial charge in [-0.3, -0.25) is 9.97 Å². The van der Waals surface area contributed by atoms with Crippen molar-refractivity contribution in [1.82, 2.24) is 15.0 Å². The van der Waals surface area contributed by atoms with Gasteiger partial charge in [-0.2, -0.15) is 0 Å². The maximum absolute atomic E-state index is 6.23. The van der Waals surface area contributed by atoms with E-state index in [1.54, 1.807) is 33.7 Å². The second-order valence-electron chi connectivity index (χ2n) is 12.2. The zero-order valence-electron chi connectivity index (χ0n) is 32.4. The highest BCUT2D eigenvalue weighted by Gasteiger charge is 2.16. The molecule has 0 aliphatic rings. The molecule has 12 heteroatoms. The molecule has 56 heavy (non-hydrogen) atoms. The molecule has 5 rings (SSSR count). The lowest BCUT2D eigenvalue weighted by Gasteiger charge is -2.18. The molecule has 296 valence electrons. The van der Waals surface area contributed by atoms with Crippen LogP contribution < -0.4 is 14.2 Å². The van der Waals surface area contributed by atoms with Crippen molar-refractivity contribution in [3.63, 3.8) is 0 Å². The Hall–Kier alpha value is -5.21. The number of hydrogen-bond acceptors (Lipinski definition) is 12. The summed E-state index contributed by atoms with van der Waals surface area (Å²) in [6.45, 7) is 4.94. The van der Waals surface area contributed by atoms with E-state index in [0.29, 0.717) is 89.9 Å². The van der Waals surface area contributed by atoms with Crippen LogP contribution >= 0.6 is 0 Å². The molecule has 3 aromatic heterocycles. The molecule has 0 aliphatic heterocycles. The molecule has 0 saturated heterocycles. The second kappa shape index (κ2) is 24.3. The van der Waals surface area contributed by atoms with Gasteiger partial charge in [-0.1, -0.05) is 48.6 Å². The van der Waals surface area contributed by atoms with Crippen molar-refractivity contribution >= 4 is 12.2 Å². The molecular weight excluding hydrogens is 714 g/mol. The van der Waals surface area contributed by atoms with Crippen LogP contribution in [0.5, 0.6) is 17.2 Å². The lowest BCUT2D eigenvalue weighted by molar-refractivity contribution is 0.0468. The summed E-state index contributed by atoms with van der Waals surface area (Å²) in [7, 11) is 4.91. The molecule has 2 aromatic carbocycles. The van der Waals surface area contributed by atoms with Crippen LogP contribution in [0.2, 0.25) is 0 Å². The Kier molecular flexibility index (Phi) is 18.2. The summed E-state index contributed by atoms with van der Waals surface area (Å²) in [4.78, 5) is 14.0. The smallest absolute Gasteiger partial charge is 0.203 e. The Bertz CT molecular complexity index is 1780. The molecule has 3 heterocycles. The van der Waals surface area contributed by atoms with E-state index in [1.165, 1.54) is 0 Å². The van der Waals surface area contributed by atoms with Crippen LogP contribution in [0.4, 0.5) is 0 Å². The van der Waals surface area contributed by atoms with Crippen molar-refractivity contribution in [2.45, 2.75) is 0 Å². The maximum atomic E-state index is 6.23. The molecule has 0 radical (unpaired) electrons. The number of hydrogen-bond donors (Lipinski definition) is 0. The summed E-state index contributed by atoms with van der Waals surface area (Å²) >= 11 is 0. The highest BCUT2D eigenvalue weighted by molar-refractivity contribution is 5.77. The van der Waals surface area contributed by atoms with Crippen molar-refractivity contribution in [1.29, 1.82) is 0 Å². The lowest BCUT2D eigenvalue weighted by atomic mass is 10.0. The molecule has 0 bridgehead atoms. The molecule has 0 amide bonds. The van der Waals surface area contributed by atoms with E-state index in [9.17, 15) is 0 Å². The number of ether oxygens (including phenoxy) is 9. The molecule has 0 atom stereocenters. The monoisotopic (exact) mass is 765 g/mol. The van der Waals surface area contributed by atoms with Crippen LogP contribution in [0.15, 0.2) is 97.3 Å². The van der Waals surface area contributed by atoms with Crippen LogP contribution in [0.25, 0.3) is 46.1 Å². The molecule has 0 fully saturated rings. The first-order valence-corrected chi connectivity index (χ1v) is 18.6. The van der Waals surface area contributed by atoms with Crippen LogP contribution in [0.1, 0.15) is 11.1 Å². The van der Waals surface area contributed by atoms with E-state index in [4.69, 9.17) is 47.6 Å². The summed E-state index contributed by atoms with van der Waals surface area (Å²) < 4.78 is 50.8. The minimum Gasteiger partial charge on any atom is -0.487 e. The number of benzene rings is 2. The van der Waals surface area contributed by atoms with Gasteiger partial charge in [0.25, 0.3) is 0 Å². The number of rotatable bonds is 26. The minimum absolute atomic E-state index is 0.289. The standard InChI is InChI=1S/C44H51N3O9/c1-48-18-21-51-24-27-54-42-30-35(31-43(55-28-25-52-22-19-49-2)44(42)56-29-26-53-23-20-50-3)11-10-34-12-14-36(15-13-34)37-32-40(38-8-4-6-16-45-38)47-41(33-37)39-9-5-7-17-46-39/h4-17,30-33H,18-29H2,1-3H3/b11-10+. The maximum Gasteiger partial charge on any atom is 0.203 e. The van der Waals surface area contributed by atoms with Gasteiger partial charge in [0.1, 0.15) is 19.8 Å². The van der Waals surface area contributed by atoms with E-state index in [-0.39, 0.29) is 6.61 Å². The minimum atomic E-state index is 0.289. The third kappa shape index (κ3) is 13.8. The largest absolute Gasteiger partial charge is 0.487 e. The molecule has 0 N–H and O–H groups in total. The molecule has 0 spiro atoms. The van der Waals surface area contributed by atoms with Gasteiger partial charge in [-0.15, -0.1) is 0 Å². The first-order valence-electron chi connectivity index (χ1n) is 18.6. The van der Waals surface area contributed by atoms with E-state index < -0.39 is 0 Å². The van der Waals surface area contributed by atoms with Gasteiger partial charge in [-0.25, -0.2) is 4.98 Å².